The van der Waals surface area contributed by atoms with E-state index in [1.54, 1.807) is 0 Å². The van der Waals surface area contributed by atoms with E-state index in [-0.39, 0.29) is 11.8 Å². The van der Waals surface area contributed by atoms with Crippen LogP contribution in [0.25, 0.3) is 0 Å². The fourth-order valence-corrected chi connectivity index (χ4v) is 2.33. The van der Waals surface area contributed by atoms with Gasteiger partial charge in [0.05, 0.1) is 0 Å². The number of hydrogen-bond donors (Lipinski definition) is 1. The average molecular weight is 289 g/mol. The zero-order valence-corrected chi connectivity index (χ0v) is 12.8. The lowest BCUT2D eigenvalue weighted by Crippen LogP contribution is -2.47. The first-order valence-electron chi connectivity index (χ1n) is 7.43. The summed E-state index contributed by atoms with van der Waals surface area (Å²) in [5.41, 5.74) is 1.65. The standard InChI is InChI=1S/C16H23N3O2/c1-3-15(20)17-12-13-5-4-6-14(11-13)16(21)19-9-7-18(2)8-10-19/h4-6,11H,3,7-10,12H2,1-2H3,(H,17,20). The molecule has 21 heavy (non-hydrogen) atoms. The average Bonchev–Trinajstić information content (AvgIpc) is 2.53. The Hall–Kier alpha value is -1.88. The monoisotopic (exact) mass is 289 g/mol. The SMILES string of the molecule is CCC(=O)NCc1cccc(C(=O)N2CCN(C)CC2)c1. The molecule has 0 atom stereocenters. The summed E-state index contributed by atoms with van der Waals surface area (Å²) in [5, 5.41) is 2.83. The minimum Gasteiger partial charge on any atom is -0.352 e. The zero-order valence-electron chi connectivity index (χ0n) is 12.8. The van der Waals surface area contributed by atoms with Crippen molar-refractivity contribution in [2.24, 2.45) is 0 Å². The van der Waals surface area contributed by atoms with Gasteiger partial charge in [-0.3, -0.25) is 9.59 Å². The van der Waals surface area contributed by atoms with Crippen molar-refractivity contribution in [3.8, 4) is 0 Å². The number of nitrogens with one attached hydrogen (secondary N) is 1. The van der Waals surface area contributed by atoms with Crippen LogP contribution in [0.3, 0.4) is 0 Å². The smallest absolute Gasteiger partial charge is 0.253 e. The number of carbonyl (C=O) groups is 2. The fourth-order valence-electron chi connectivity index (χ4n) is 2.33. The molecular formula is C16H23N3O2. The van der Waals surface area contributed by atoms with Crippen molar-refractivity contribution < 1.29 is 9.59 Å². The minimum absolute atomic E-state index is 0.0193. The molecule has 1 aromatic rings. The number of rotatable bonds is 4. The van der Waals surface area contributed by atoms with Gasteiger partial charge >= 0.3 is 0 Å². The first-order chi connectivity index (χ1) is 10.1. The number of likely N-dealkylation sites (N-methyl/N-ethyl adjacent to an activating group) is 1. The molecule has 0 radical (unpaired) electrons. The molecule has 0 spiro atoms. The van der Waals surface area contributed by atoms with Crippen molar-refractivity contribution >= 4 is 11.8 Å². The molecule has 1 N–H and O–H groups in total. The van der Waals surface area contributed by atoms with Crippen LogP contribution in [-0.2, 0) is 11.3 Å². The highest BCUT2D eigenvalue weighted by Gasteiger charge is 2.20. The van der Waals surface area contributed by atoms with Crippen LogP contribution in [0.1, 0.15) is 29.3 Å². The first-order valence-corrected chi connectivity index (χ1v) is 7.43. The number of amides is 2. The van der Waals surface area contributed by atoms with Gasteiger partial charge in [-0.1, -0.05) is 19.1 Å². The Bertz CT molecular complexity index is 508. The maximum absolute atomic E-state index is 12.5. The molecular weight excluding hydrogens is 266 g/mol. The Morgan fingerprint density at radius 2 is 1.90 bits per heavy atom. The summed E-state index contributed by atoms with van der Waals surface area (Å²) in [6, 6.07) is 7.51. The number of hydrogen-bond acceptors (Lipinski definition) is 3. The summed E-state index contributed by atoms with van der Waals surface area (Å²) in [5.74, 6) is 0.0950. The van der Waals surface area contributed by atoms with E-state index in [4.69, 9.17) is 0 Å². The molecule has 5 heteroatoms. The van der Waals surface area contributed by atoms with Crippen molar-refractivity contribution in [3.05, 3.63) is 35.4 Å². The maximum Gasteiger partial charge on any atom is 0.253 e. The van der Waals surface area contributed by atoms with E-state index in [0.717, 1.165) is 31.7 Å². The lowest BCUT2D eigenvalue weighted by Gasteiger charge is -2.32. The van der Waals surface area contributed by atoms with E-state index in [0.29, 0.717) is 18.5 Å². The van der Waals surface area contributed by atoms with Crippen molar-refractivity contribution in [3.63, 3.8) is 0 Å². The van der Waals surface area contributed by atoms with Gasteiger partial charge in [0.2, 0.25) is 5.91 Å². The molecule has 1 aliphatic heterocycles. The Morgan fingerprint density at radius 1 is 1.19 bits per heavy atom. The number of carbonyl (C=O) groups excluding carboxylic acids is 2. The van der Waals surface area contributed by atoms with Gasteiger partial charge in [-0.05, 0) is 24.7 Å². The van der Waals surface area contributed by atoms with Crippen molar-refractivity contribution in [1.82, 2.24) is 15.1 Å². The van der Waals surface area contributed by atoms with Crippen LogP contribution >= 0.6 is 0 Å². The molecule has 1 saturated heterocycles. The van der Waals surface area contributed by atoms with Crippen LogP contribution in [0.4, 0.5) is 0 Å². The lowest BCUT2D eigenvalue weighted by atomic mass is 10.1. The van der Waals surface area contributed by atoms with Crippen molar-refractivity contribution in [2.75, 3.05) is 33.2 Å². The highest BCUT2D eigenvalue weighted by Crippen LogP contribution is 2.10. The summed E-state index contributed by atoms with van der Waals surface area (Å²) in [4.78, 5) is 27.9. The van der Waals surface area contributed by atoms with Gasteiger partial charge in [0.1, 0.15) is 0 Å². The molecule has 0 bridgehead atoms. The molecule has 2 rings (SSSR count). The highest BCUT2D eigenvalue weighted by molar-refractivity contribution is 5.94. The normalized spacial score (nSPS) is 15.8. The van der Waals surface area contributed by atoms with Crippen molar-refractivity contribution in [2.45, 2.75) is 19.9 Å². The van der Waals surface area contributed by atoms with E-state index < -0.39 is 0 Å². The molecule has 0 aliphatic carbocycles. The molecule has 1 aliphatic rings. The zero-order chi connectivity index (χ0) is 15.2. The van der Waals surface area contributed by atoms with Gasteiger partial charge in [-0.2, -0.15) is 0 Å². The van der Waals surface area contributed by atoms with Gasteiger partial charge in [0.25, 0.3) is 5.91 Å². The molecule has 1 heterocycles. The van der Waals surface area contributed by atoms with Gasteiger partial charge in [0, 0.05) is 44.7 Å². The predicted molar refractivity (Wildman–Crippen MR) is 82.0 cm³/mol. The highest BCUT2D eigenvalue weighted by atomic mass is 16.2. The van der Waals surface area contributed by atoms with E-state index >= 15 is 0 Å². The Kier molecular flexibility index (Phi) is 5.33. The lowest BCUT2D eigenvalue weighted by molar-refractivity contribution is -0.120. The second kappa shape index (κ2) is 7.22. The van der Waals surface area contributed by atoms with Gasteiger partial charge in [-0.25, -0.2) is 0 Å². The fraction of sp³-hybridized carbons (Fsp3) is 0.500. The predicted octanol–water partition coefficient (Wildman–Crippen LogP) is 1.10. The molecule has 5 nitrogen and oxygen atoms in total. The van der Waals surface area contributed by atoms with E-state index in [1.165, 1.54) is 0 Å². The van der Waals surface area contributed by atoms with Crippen LogP contribution in [-0.4, -0.2) is 54.8 Å². The number of benzene rings is 1. The van der Waals surface area contributed by atoms with E-state index in [9.17, 15) is 9.59 Å². The molecule has 0 aromatic heterocycles. The summed E-state index contributed by atoms with van der Waals surface area (Å²) < 4.78 is 0. The number of nitrogens with zero attached hydrogens (tertiary/aromatic N) is 2. The molecule has 114 valence electrons. The van der Waals surface area contributed by atoms with Crippen LogP contribution in [0, 0.1) is 0 Å². The quantitative estimate of drug-likeness (QED) is 0.903. The number of piperazine rings is 1. The van der Waals surface area contributed by atoms with Crippen LogP contribution in [0.2, 0.25) is 0 Å². The maximum atomic E-state index is 12.5. The van der Waals surface area contributed by atoms with Crippen LogP contribution in [0.15, 0.2) is 24.3 Å². The molecule has 1 aromatic carbocycles. The van der Waals surface area contributed by atoms with Crippen molar-refractivity contribution in [1.29, 1.82) is 0 Å². The van der Waals surface area contributed by atoms with Gasteiger partial charge in [0.15, 0.2) is 0 Å². The molecule has 0 saturated carbocycles. The van der Waals surface area contributed by atoms with E-state index in [2.05, 4.69) is 17.3 Å². The summed E-state index contributed by atoms with van der Waals surface area (Å²) in [6.45, 7) is 5.66. The third-order valence-corrected chi connectivity index (χ3v) is 3.78. The minimum atomic E-state index is 0.0193. The van der Waals surface area contributed by atoms with Gasteiger partial charge < -0.3 is 15.1 Å². The molecule has 0 unspecified atom stereocenters. The van der Waals surface area contributed by atoms with E-state index in [1.807, 2.05) is 36.1 Å². The van der Waals surface area contributed by atoms with Crippen LogP contribution in [0.5, 0.6) is 0 Å². The first kappa shape index (κ1) is 15.5. The van der Waals surface area contributed by atoms with Gasteiger partial charge in [-0.15, -0.1) is 0 Å². The Balaban J connectivity index is 1.99. The molecule has 2 amide bonds. The third-order valence-electron chi connectivity index (χ3n) is 3.78. The topological polar surface area (TPSA) is 52.7 Å². The second-order valence-corrected chi connectivity index (χ2v) is 5.43. The Labute approximate surface area is 125 Å². The largest absolute Gasteiger partial charge is 0.352 e. The summed E-state index contributed by atoms with van der Waals surface area (Å²) in [7, 11) is 2.07. The molecule has 1 fully saturated rings. The summed E-state index contributed by atoms with van der Waals surface area (Å²) in [6.07, 6.45) is 0.472. The van der Waals surface area contributed by atoms with Crippen LogP contribution < -0.4 is 5.32 Å². The third kappa shape index (κ3) is 4.29. The second-order valence-electron chi connectivity index (χ2n) is 5.43. The summed E-state index contributed by atoms with van der Waals surface area (Å²) >= 11 is 0. The Morgan fingerprint density at radius 3 is 2.57 bits per heavy atom.